The molecule has 5 heteroatoms. The summed E-state index contributed by atoms with van der Waals surface area (Å²) in [5, 5.41) is 8.94. The molecule has 0 heterocycles. The minimum absolute atomic E-state index is 0.0236. The van der Waals surface area contributed by atoms with E-state index in [9.17, 15) is 13.6 Å². The lowest BCUT2D eigenvalue weighted by molar-refractivity contribution is -0.138. The standard InChI is InChI=1S/C15H18F2O3/c1-15(2,7-13(18)19)11-5-10(16)6-12(17)14(11)20-8-9-3-4-9/h5-6,9H,3-4,7-8H2,1-2H3,(H,18,19). The third-order valence-electron chi connectivity index (χ3n) is 3.49. The van der Waals surface area contributed by atoms with Crippen molar-refractivity contribution >= 4 is 5.97 Å². The largest absolute Gasteiger partial charge is 0.490 e. The molecule has 20 heavy (non-hydrogen) atoms. The van der Waals surface area contributed by atoms with Crippen LogP contribution in [0.3, 0.4) is 0 Å². The third-order valence-corrected chi connectivity index (χ3v) is 3.49. The average molecular weight is 284 g/mol. The molecule has 1 aliphatic carbocycles. The Bertz CT molecular complexity index is 522. The van der Waals surface area contributed by atoms with Gasteiger partial charge in [0.25, 0.3) is 0 Å². The Hall–Kier alpha value is -1.65. The van der Waals surface area contributed by atoms with E-state index in [1.54, 1.807) is 13.8 Å². The summed E-state index contributed by atoms with van der Waals surface area (Å²) in [5.41, 5.74) is -0.647. The fourth-order valence-corrected chi connectivity index (χ4v) is 2.17. The van der Waals surface area contributed by atoms with Crippen LogP contribution in [0.4, 0.5) is 8.78 Å². The minimum Gasteiger partial charge on any atom is -0.490 e. The lowest BCUT2D eigenvalue weighted by Crippen LogP contribution is -2.23. The van der Waals surface area contributed by atoms with E-state index < -0.39 is 23.0 Å². The fourth-order valence-electron chi connectivity index (χ4n) is 2.17. The molecule has 3 nitrogen and oxygen atoms in total. The maximum absolute atomic E-state index is 13.9. The first-order valence-electron chi connectivity index (χ1n) is 6.64. The first kappa shape index (κ1) is 14.8. The van der Waals surface area contributed by atoms with Gasteiger partial charge in [-0.15, -0.1) is 0 Å². The zero-order valence-corrected chi connectivity index (χ0v) is 11.6. The Kier molecular flexibility index (Phi) is 3.97. The van der Waals surface area contributed by atoms with Crippen LogP contribution in [0.25, 0.3) is 0 Å². The molecule has 0 aliphatic heterocycles. The predicted molar refractivity (Wildman–Crippen MR) is 69.9 cm³/mol. The van der Waals surface area contributed by atoms with Gasteiger partial charge in [0, 0.05) is 17.0 Å². The smallest absolute Gasteiger partial charge is 0.304 e. The summed E-state index contributed by atoms with van der Waals surface area (Å²) in [4.78, 5) is 10.9. The Balaban J connectivity index is 2.34. The van der Waals surface area contributed by atoms with Crippen molar-refractivity contribution in [3.05, 3.63) is 29.3 Å². The molecule has 0 saturated heterocycles. The number of aliphatic carboxylic acids is 1. The van der Waals surface area contributed by atoms with Crippen LogP contribution in [-0.4, -0.2) is 17.7 Å². The van der Waals surface area contributed by atoms with Gasteiger partial charge >= 0.3 is 5.97 Å². The van der Waals surface area contributed by atoms with Gasteiger partial charge in [-0.05, 0) is 24.8 Å². The van der Waals surface area contributed by atoms with Gasteiger partial charge in [-0.25, -0.2) is 8.78 Å². The number of carbonyl (C=O) groups is 1. The molecule has 1 aromatic rings. The highest BCUT2D eigenvalue weighted by molar-refractivity contribution is 5.69. The van der Waals surface area contributed by atoms with Crippen molar-refractivity contribution in [2.75, 3.05) is 6.61 Å². The highest BCUT2D eigenvalue weighted by Gasteiger charge is 2.31. The molecule has 0 radical (unpaired) electrons. The van der Waals surface area contributed by atoms with Crippen molar-refractivity contribution in [3.63, 3.8) is 0 Å². The summed E-state index contributed by atoms with van der Waals surface area (Å²) in [6.07, 6.45) is 1.88. The number of hydrogen-bond acceptors (Lipinski definition) is 2. The number of carboxylic acid groups (broad SMARTS) is 1. The normalized spacial score (nSPS) is 15.2. The zero-order valence-electron chi connectivity index (χ0n) is 11.6. The van der Waals surface area contributed by atoms with Gasteiger partial charge in [0.15, 0.2) is 11.6 Å². The van der Waals surface area contributed by atoms with E-state index in [-0.39, 0.29) is 17.7 Å². The maximum atomic E-state index is 13.9. The molecule has 1 saturated carbocycles. The lowest BCUT2D eigenvalue weighted by Gasteiger charge is -2.26. The molecule has 1 aliphatic rings. The molecule has 2 rings (SSSR count). The number of ether oxygens (including phenoxy) is 1. The van der Waals surface area contributed by atoms with Gasteiger partial charge in [0.05, 0.1) is 13.0 Å². The number of rotatable bonds is 6. The quantitative estimate of drug-likeness (QED) is 0.869. The molecule has 0 aromatic heterocycles. The lowest BCUT2D eigenvalue weighted by atomic mass is 9.81. The fraction of sp³-hybridized carbons (Fsp3) is 0.533. The molecule has 1 N–H and O–H groups in total. The van der Waals surface area contributed by atoms with E-state index in [1.807, 2.05) is 0 Å². The first-order chi connectivity index (χ1) is 9.29. The Morgan fingerprint density at radius 2 is 2.05 bits per heavy atom. The Morgan fingerprint density at radius 1 is 1.40 bits per heavy atom. The first-order valence-corrected chi connectivity index (χ1v) is 6.64. The number of hydrogen-bond donors (Lipinski definition) is 1. The summed E-state index contributed by atoms with van der Waals surface area (Å²) in [6.45, 7) is 3.66. The van der Waals surface area contributed by atoms with Crippen LogP contribution in [0.1, 0.15) is 38.7 Å². The molecular weight excluding hydrogens is 266 g/mol. The highest BCUT2D eigenvalue weighted by atomic mass is 19.1. The van der Waals surface area contributed by atoms with Crippen molar-refractivity contribution < 1.29 is 23.4 Å². The number of carboxylic acids is 1. The van der Waals surface area contributed by atoms with E-state index in [0.717, 1.165) is 25.0 Å². The molecule has 0 unspecified atom stereocenters. The van der Waals surface area contributed by atoms with Crippen LogP contribution in [0.5, 0.6) is 5.75 Å². The molecule has 110 valence electrons. The number of halogens is 2. The van der Waals surface area contributed by atoms with E-state index in [1.165, 1.54) is 0 Å². The monoisotopic (exact) mass is 284 g/mol. The molecule has 0 atom stereocenters. The topological polar surface area (TPSA) is 46.5 Å². The number of benzene rings is 1. The van der Waals surface area contributed by atoms with E-state index in [2.05, 4.69) is 0 Å². The summed E-state index contributed by atoms with van der Waals surface area (Å²) >= 11 is 0. The van der Waals surface area contributed by atoms with Gasteiger partial charge in [-0.2, -0.15) is 0 Å². The van der Waals surface area contributed by atoms with Gasteiger partial charge in [-0.1, -0.05) is 13.8 Å². The van der Waals surface area contributed by atoms with Gasteiger partial charge in [0.1, 0.15) is 5.82 Å². The SMILES string of the molecule is CC(C)(CC(=O)O)c1cc(F)cc(F)c1OCC1CC1. The van der Waals surface area contributed by atoms with Crippen LogP contribution in [0.15, 0.2) is 12.1 Å². The molecule has 1 aromatic carbocycles. The minimum atomic E-state index is -1.02. The molecular formula is C15H18F2O3. The summed E-state index contributed by atoms with van der Waals surface area (Å²) in [5.74, 6) is -2.12. The highest BCUT2D eigenvalue weighted by Crippen LogP contribution is 2.38. The molecule has 0 bridgehead atoms. The van der Waals surface area contributed by atoms with Crippen molar-refractivity contribution in [2.24, 2.45) is 5.92 Å². The van der Waals surface area contributed by atoms with Gasteiger partial charge in [-0.3, -0.25) is 4.79 Å². The average Bonchev–Trinajstić information content (AvgIpc) is 3.09. The second-order valence-electron chi connectivity index (χ2n) is 5.97. The van der Waals surface area contributed by atoms with E-state index >= 15 is 0 Å². The van der Waals surface area contributed by atoms with Crippen LogP contribution in [-0.2, 0) is 10.2 Å². The van der Waals surface area contributed by atoms with Crippen LogP contribution < -0.4 is 4.74 Å². The zero-order chi connectivity index (χ0) is 14.9. The van der Waals surface area contributed by atoms with Crippen LogP contribution in [0, 0.1) is 17.6 Å². The second-order valence-corrected chi connectivity index (χ2v) is 5.97. The van der Waals surface area contributed by atoms with Gasteiger partial charge in [0.2, 0.25) is 0 Å². The van der Waals surface area contributed by atoms with Crippen molar-refractivity contribution in [2.45, 2.75) is 38.5 Å². The third kappa shape index (κ3) is 3.46. The summed E-state index contributed by atoms with van der Waals surface area (Å²) < 4.78 is 32.9. The van der Waals surface area contributed by atoms with Crippen LogP contribution in [0.2, 0.25) is 0 Å². The van der Waals surface area contributed by atoms with E-state index in [4.69, 9.17) is 9.84 Å². The van der Waals surface area contributed by atoms with E-state index in [0.29, 0.717) is 12.5 Å². The van der Waals surface area contributed by atoms with Crippen LogP contribution >= 0.6 is 0 Å². The Morgan fingerprint density at radius 3 is 2.60 bits per heavy atom. The Labute approximate surface area is 116 Å². The van der Waals surface area contributed by atoms with Crippen molar-refractivity contribution in [3.8, 4) is 5.75 Å². The summed E-state index contributed by atoms with van der Waals surface area (Å²) in [6, 6.07) is 1.93. The van der Waals surface area contributed by atoms with Crippen molar-refractivity contribution in [1.29, 1.82) is 0 Å². The maximum Gasteiger partial charge on any atom is 0.304 e. The second kappa shape index (κ2) is 5.38. The summed E-state index contributed by atoms with van der Waals surface area (Å²) in [7, 11) is 0. The molecule has 0 spiro atoms. The molecule has 1 fully saturated rings. The van der Waals surface area contributed by atoms with Gasteiger partial charge < -0.3 is 9.84 Å². The van der Waals surface area contributed by atoms with Crippen molar-refractivity contribution in [1.82, 2.24) is 0 Å². The molecule has 0 amide bonds. The predicted octanol–water partition coefficient (Wildman–Crippen LogP) is 3.51.